The molecule has 1 aliphatic heterocycles. The van der Waals surface area contributed by atoms with Gasteiger partial charge in [0.25, 0.3) is 0 Å². The molecule has 2 aromatic carbocycles. The van der Waals surface area contributed by atoms with E-state index in [0.717, 1.165) is 49.7 Å². The highest BCUT2D eigenvalue weighted by Crippen LogP contribution is 2.24. The van der Waals surface area contributed by atoms with Gasteiger partial charge in [0.2, 0.25) is 5.91 Å². The van der Waals surface area contributed by atoms with Crippen molar-refractivity contribution >= 4 is 17.3 Å². The smallest absolute Gasteiger partial charge is 0.227 e. The summed E-state index contributed by atoms with van der Waals surface area (Å²) in [6.45, 7) is 10.1. The van der Waals surface area contributed by atoms with Crippen molar-refractivity contribution in [2.24, 2.45) is 0 Å². The van der Waals surface area contributed by atoms with E-state index in [4.69, 9.17) is 4.74 Å². The Morgan fingerprint density at radius 3 is 2.48 bits per heavy atom. The molecule has 5 nitrogen and oxygen atoms in total. The number of hydrogen-bond donors (Lipinski definition) is 1. The molecule has 27 heavy (non-hydrogen) atoms. The van der Waals surface area contributed by atoms with E-state index in [-0.39, 0.29) is 5.91 Å². The maximum absolute atomic E-state index is 12.2. The molecular formula is C22H29N3O2. The van der Waals surface area contributed by atoms with Gasteiger partial charge in [0.1, 0.15) is 5.75 Å². The first-order valence-electron chi connectivity index (χ1n) is 9.71. The first-order chi connectivity index (χ1) is 13.2. The van der Waals surface area contributed by atoms with Crippen molar-refractivity contribution in [3.8, 4) is 5.75 Å². The third-order valence-corrected chi connectivity index (χ3v) is 5.01. The fourth-order valence-electron chi connectivity index (χ4n) is 3.30. The van der Waals surface area contributed by atoms with E-state index in [9.17, 15) is 4.79 Å². The van der Waals surface area contributed by atoms with Crippen molar-refractivity contribution in [3.05, 3.63) is 54.1 Å². The number of ether oxygens (including phenoxy) is 1. The molecule has 1 N–H and O–H groups in total. The maximum Gasteiger partial charge on any atom is 0.227 e. The third-order valence-electron chi connectivity index (χ3n) is 5.01. The SMILES string of the molecule is CCN1CCN(c2ccc(NC(=O)CCOc3ccccc3)c(C)c2)CC1. The number of para-hydroxylation sites is 1. The number of hydrogen-bond acceptors (Lipinski definition) is 4. The number of carbonyl (C=O) groups excluding carboxylic acids is 1. The van der Waals surface area contributed by atoms with Gasteiger partial charge in [0, 0.05) is 37.6 Å². The Bertz CT molecular complexity index is 740. The highest BCUT2D eigenvalue weighted by molar-refractivity contribution is 5.91. The van der Waals surface area contributed by atoms with Crippen LogP contribution in [0.3, 0.4) is 0 Å². The Hall–Kier alpha value is -2.53. The van der Waals surface area contributed by atoms with E-state index in [0.29, 0.717) is 13.0 Å². The van der Waals surface area contributed by atoms with E-state index in [1.807, 2.05) is 43.3 Å². The summed E-state index contributed by atoms with van der Waals surface area (Å²) in [7, 11) is 0. The van der Waals surface area contributed by atoms with Crippen LogP contribution in [-0.2, 0) is 4.79 Å². The van der Waals surface area contributed by atoms with Crippen molar-refractivity contribution in [2.75, 3.05) is 49.5 Å². The summed E-state index contributed by atoms with van der Waals surface area (Å²) in [6, 6.07) is 15.8. The second-order valence-electron chi connectivity index (χ2n) is 6.88. The molecule has 0 atom stereocenters. The summed E-state index contributed by atoms with van der Waals surface area (Å²) in [5, 5.41) is 3.00. The molecule has 1 saturated heterocycles. The van der Waals surface area contributed by atoms with Crippen molar-refractivity contribution in [3.63, 3.8) is 0 Å². The summed E-state index contributed by atoms with van der Waals surface area (Å²) in [5.74, 6) is 0.757. The number of aryl methyl sites for hydroxylation is 1. The standard InChI is InChI=1S/C22H29N3O2/c1-3-24-12-14-25(15-13-24)19-9-10-21(18(2)17-19)23-22(26)11-16-27-20-7-5-4-6-8-20/h4-10,17H,3,11-16H2,1-2H3,(H,23,26). The number of likely N-dealkylation sites (N-methyl/N-ethyl adjacent to an activating group) is 1. The van der Waals surface area contributed by atoms with Gasteiger partial charge in [0.15, 0.2) is 0 Å². The zero-order valence-corrected chi connectivity index (χ0v) is 16.3. The highest BCUT2D eigenvalue weighted by atomic mass is 16.5. The summed E-state index contributed by atoms with van der Waals surface area (Å²) < 4.78 is 5.59. The van der Waals surface area contributed by atoms with Crippen LogP contribution >= 0.6 is 0 Å². The fraction of sp³-hybridized carbons (Fsp3) is 0.409. The van der Waals surface area contributed by atoms with Gasteiger partial charge in [-0.25, -0.2) is 0 Å². The number of rotatable bonds is 7. The molecule has 0 unspecified atom stereocenters. The van der Waals surface area contributed by atoms with Gasteiger partial charge in [-0.3, -0.25) is 4.79 Å². The number of anilines is 2. The Morgan fingerprint density at radius 1 is 1.07 bits per heavy atom. The van der Waals surface area contributed by atoms with Crippen LogP contribution < -0.4 is 15.0 Å². The second-order valence-corrected chi connectivity index (χ2v) is 6.88. The van der Waals surface area contributed by atoms with Crippen LogP contribution in [0, 0.1) is 6.92 Å². The minimum atomic E-state index is -0.0293. The summed E-state index contributed by atoms with van der Waals surface area (Å²) in [6.07, 6.45) is 0.328. The molecule has 0 saturated carbocycles. The molecule has 1 amide bonds. The van der Waals surface area contributed by atoms with Crippen LogP contribution in [0.5, 0.6) is 5.75 Å². The van der Waals surface area contributed by atoms with E-state index >= 15 is 0 Å². The van der Waals surface area contributed by atoms with Crippen LogP contribution in [0.4, 0.5) is 11.4 Å². The predicted molar refractivity (Wildman–Crippen MR) is 111 cm³/mol. The fourth-order valence-corrected chi connectivity index (χ4v) is 3.30. The number of carbonyl (C=O) groups is 1. The number of nitrogens with one attached hydrogen (secondary N) is 1. The number of piperazine rings is 1. The minimum absolute atomic E-state index is 0.0293. The van der Waals surface area contributed by atoms with Crippen LogP contribution in [-0.4, -0.2) is 50.1 Å². The summed E-state index contributed by atoms with van der Waals surface area (Å²) in [4.78, 5) is 17.1. The lowest BCUT2D eigenvalue weighted by atomic mass is 10.1. The van der Waals surface area contributed by atoms with Gasteiger partial charge < -0.3 is 19.9 Å². The minimum Gasteiger partial charge on any atom is -0.493 e. The molecule has 1 fully saturated rings. The molecule has 0 radical (unpaired) electrons. The Labute approximate surface area is 161 Å². The van der Waals surface area contributed by atoms with Crippen LogP contribution in [0.25, 0.3) is 0 Å². The van der Waals surface area contributed by atoms with Gasteiger partial charge in [-0.1, -0.05) is 25.1 Å². The van der Waals surface area contributed by atoms with Gasteiger partial charge in [-0.2, -0.15) is 0 Å². The highest BCUT2D eigenvalue weighted by Gasteiger charge is 2.16. The summed E-state index contributed by atoms with van der Waals surface area (Å²) >= 11 is 0. The van der Waals surface area contributed by atoms with Crippen molar-refractivity contribution in [2.45, 2.75) is 20.3 Å². The van der Waals surface area contributed by atoms with Gasteiger partial charge in [-0.15, -0.1) is 0 Å². The Balaban J connectivity index is 1.49. The second kappa shape index (κ2) is 9.42. The largest absolute Gasteiger partial charge is 0.493 e. The zero-order valence-electron chi connectivity index (χ0n) is 16.3. The van der Waals surface area contributed by atoms with E-state index < -0.39 is 0 Å². The zero-order chi connectivity index (χ0) is 19.1. The van der Waals surface area contributed by atoms with Crippen LogP contribution in [0.2, 0.25) is 0 Å². The number of benzene rings is 2. The third kappa shape index (κ3) is 5.47. The van der Waals surface area contributed by atoms with Crippen LogP contribution in [0.1, 0.15) is 18.9 Å². The monoisotopic (exact) mass is 367 g/mol. The molecule has 2 aromatic rings. The van der Waals surface area contributed by atoms with E-state index in [1.165, 1.54) is 5.69 Å². The molecule has 1 aliphatic rings. The average molecular weight is 367 g/mol. The van der Waals surface area contributed by atoms with Gasteiger partial charge in [0.05, 0.1) is 13.0 Å². The maximum atomic E-state index is 12.2. The number of amides is 1. The normalized spacial score (nSPS) is 14.8. The number of nitrogens with zero attached hydrogens (tertiary/aromatic N) is 2. The quantitative estimate of drug-likeness (QED) is 0.813. The molecule has 144 valence electrons. The van der Waals surface area contributed by atoms with E-state index in [1.54, 1.807) is 0 Å². The molecule has 1 heterocycles. The molecular weight excluding hydrogens is 338 g/mol. The van der Waals surface area contributed by atoms with Crippen LogP contribution in [0.15, 0.2) is 48.5 Å². The molecule has 5 heteroatoms. The van der Waals surface area contributed by atoms with Gasteiger partial charge in [-0.05, 0) is 49.4 Å². The predicted octanol–water partition coefficient (Wildman–Crippen LogP) is 3.54. The van der Waals surface area contributed by atoms with Crippen molar-refractivity contribution < 1.29 is 9.53 Å². The first kappa shape index (κ1) is 19.2. The van der Waals surface area contributed by atoms with Gasteiger partial charge >= 0.3 is 0 Å². The van der Waals surface area contributed by atoms with Crippen molar-refractivity contribution in [1.82, 2.24) is 4.90 Å². The molecule has 0 bridgehead atoms. The molecule has 0 aliphatic carbocycles. The molecule has 0 spiro atoms. The molecule has 3 rings (SSSR count). The topological polar surface area (TPSA) is 44.8 Å². The lowest BCUT2D eigenvalue weighted by Crippen LogP contribution is -2.46. The lowest BCUT2D eigenvalue weighted by molar-refractivity contribution is -0.116. The van der Waals surface area contributed by atoms with E-state index in [2.05, 4.69) is 34.2 Å². The first-order valence-corrected chi connectivity index (χ1v) is 9.71. The summed E-state index contributed by atoms with van der Waals surface area (Å²) in [5.41, 5.74) is 3.19. The van der Waals surface area contributed by atoms with Crippen molar-refractivity contribution in [1.29, 1.82) is 0 Å². The lowest BCUT2D eigenvalue weighted by Gasteiger charge is -2.35. The average Bonchev–Trinajstić information content (AvgIpc) is 2.70. The Morgan fingerprint density at radius 2 is 1.81 bits per heavy atom. The Kier molecular flexibility index (Phi) is 6.71. The molecule has 0 aromatic heterocycles.